The minimum atomic E-state index is -4.67. The van der Waals surface area contributed by atoms with Gasteiger partial charge in [-0.3, -0.25) is 14.4 Å². The molecule has 2 atom stereocenters. The molecule has 1 aliphatic heterocycles. The van der Waals surface area contributed by atoms with Crippen LogP contribution in [0, 0.1) is 13.8 Å². The van der Waals surface area contributed by atoms with E-state index in [0.29, 0.717) is 36.0 Å². The molecule has 0 amide bonds. The molecular formula is C29H36F3N7OS. The van der Waals surface area contributed by atoms with Gasteiger partial charge in [0.25, 0.3) is 5.56 Å². The molecule has 3 aromatic rings. The second kappa shape index (κ2) is 11.7. The normalized spacial score (nSPS) is 17.4. The van der Waals surface area contributed by atoms with Crippen LogP contribution in [0.15, 0.2) is 52.0 Å². The number of benzene rings is 1. The zero-order chi connectivity index (χ0) is 30.2. The van der Waals surface area contributed by atoms with E-state index in [1.54, 1.807) is 29.9 Å². The number of pyridine rings is 1. The van der Waals surface area contributed by atoms with Crippen molar-refractivity contribution >= 4 is 38.8 Å². The predicted octanol–water partition coefficient (Wildman–Crippen LogP) is 5.81. The molecular weight excluding hydrogens is 551 g/mol. The van der Waals surface area contributed by atoms with Gasteiger partial charge in [0.15, 0.2) is 5.70 Å². The van der Waals surface area contributed by atoms with Crippen LogP contribution in [-0.2, 0) is 7.05 Å². The number of nitrogens with zero attached hydrogens (tertiary/aromatic N) is 6. The van der Waals surface area contributed by atoms with Crippen molar-refractivity contribution in [3.63, 3.8) is 0 Å². The topological polar surface area (TPSA) is 78.7 Å². The van der Waals surface area contributed by atoms with Gasteiger partial charge in [0.1, 0.15) is 10.8 Å². The quantitative estimate of drug-likeness (QED) is 0.278. The van der Waals surface area contributed by atoms with Gasteiger partial charge < -0.3 is 15.1 Å². The van der Waals surface area contributed by atoms with Gasteiger partial charge in [-0.2, -0.15) is 13.2 Å². The molecule has 1 unspecified atom stereocenters. The summed E-state index contributed by atoms with van der Waals surface area (Å²) in [6, 6.07) is 5.25. The van der Waals surface area contributed by atoms with Crippen molar-refractivity contribution in [2.45, 2.75) is 59.8 Å². The number of fused-ring (bicyclic) bond motifs is 1. The van der Waals surface area contributed by atoms with E-state index in [2.05, 4.69) is 43.8 Å². The largest absolute Gasteiger partial charge is 0.435 e. The predicted molar refractivity (Wildman–Crippen MR) is 161 cm³/mol. The van der Waals surface area contributed by atoms with Crippen LogP contribution in [0.1, 0.15) is 49.9 Å². The molecule has 0 spiro atoms. The SMILES string of the molecule is C=C/C(NC(C)c1cc(C)cc2c(=O)n(C)c(N3CCN(c4nnc(C)s4)[C@H](C)C3)cc12)=C(\N=C(C)C)C(F)(F)F. The smallest absolute Gasteiger partial charge is 0.377 e. The van der Waals surface area contributed by atoms with Gasteiger partial charge in [-0.25, -0.2) is 0 Å². The molecule has 0 aliphatic carbocycles. The Hall–Kier alpha value is -3.67. The number of aryl methyl sites for hydroxylation is 2. The van der Waals surface area contributed by atoms with Crippen molar-refractivity contribution < 1.29 is 13.2 Å². The highest BCUT2D eigenvalue weighted by Gasteiger charge is 2.37. The Kier molecular flexibility index (Phi) is 8.62. The maximum absolute atomic E-state index is 13.9. The number of hydrogen-bond acceptors (Lipinski definition) is 8. The van der Waals surface area contributed by atoms with Gasteiger partial charge in [0.05, 0.1) is 5.70 Å². The molecule has 1 saturated heterocycles. The number of anilines is 2. The van der Waals surface area contributed by atoms with Gasteiger partial charge in [-0.1, -0.05) is 24.0 Å². The number of piperazine rings is 1. The van der Waals surface area contributed by atoms with E-state index < -0.39 is 17.9 Å². The van der Waals surface area contributed by atoms with E-state index in [9.17, 15) is 18.0 Å². The van der Waals surface area contributed by atoms with E-state index in [0.717, 1.165) is 27.6 Å². The summed E-state index contributed by atoms with van der Waals surface area (Å²) in [7, 11) is 1.76. The van der Waals surface area contributed by atoms with Gasteiger partial charge in [-0.15, -0.1) is 10.2 Å². The maximum atomic E-state index is 13.9. The van der Waals surface area contributed by atoms with Crippen molar-refractivity contribution in [2.24, 2.45) is 12.0 Å². The minimum Gasteiger partial charge on any atom is -0.377 e. The maximum Gasteiger partial charge on any atom is 0.435 e. The first-order valence-corrected chi connectivity index (χ1v) is 14.2. The van der Waals surface area contributed by atoms with Crippen LogP contribution in [0.3, 0.4) is 0 Å². The fourth-order valence-corrected chi connectivity index (χ4v) is 6.04. The first kappa shape index (κ1) is 30.3. The van der Waals surface area contributed by atoms with Gasteiger partial charge in [0, 0.05) is 49.9 Å². The third kappa shape index (κ3) is 6.32. The number of halogens is 3. The summed E-state index contributed by atoms with van der Waals surface area (Å²) in [5.41, 5.74) is 0.408. The number of allylic oxidation sites excluding steroid dienone is 2. The standard InChI is InChI=1S/C29H36F3N7OS/c1-9-24(26(29(30,31)32)33-16(2)3)34-19(6)21-12-17(4)13-23-22(21)14-25(37(8)27(23)40)38-10-11-39(18(5)15-38)28-36-35-20(7)41-28/h9,12-14,18-19,34H,1,10-11,15H2,2-8H3/b26-24+/t18-,19?/m1/s1. The molecule has 220 valence electrons. The lowest BCUT2D eigenvalue weighted by Crippen LogP contribution is -2.53. The van der Waals surface area contributed by atoms with Gasteiger partial charge in [-0.05, 0) is 76.3 Å². The lowest BCUT2D eigenvalue weighted by molar-refractivity contribution is -0.0933. The molecule has 2 aromatic heterocycles. The van der Waals surface area contributed by atoms with Crippen LogP contribution >= 0.6 is 11.3 Å². The van der Waals surface area contributed by atoms with Crippen LogP contribution in [0.2, 0.25) is 0 Å². The van der Waals surface area contributed by atoms with Gasteiger partial charge in [0.2, 0.25) is 5.13 Å². The molecule has 0 saturated carbocycles. The van der Waals surface area contributed by atoms with Crippen molar-refractivity contribution in [2.75, 3.05) is 29.4 Å². The van der Waals surface area contributed by atoms with Crippen molar-refractivity contribution in [1.82, 2.24) is 20.1 Å². The zero-order valence-electron chi connectivity index (χ0n) is 24.4. The Morgan fingerprint density at radius 3 is 2.46 bits per heavy atom. The fourth-order valence-electron chi connectivity index (χ4n) is 5.22. The summed E-state index contributed by atoms with van der Waals surface area (Å²) in [4.78, 5) is 21.8. The second-order valence-electron chi connectivity index (χ2n) is 10.7. The number of alkyl halides is 3. The summed E-state index contributed by atoms with van der Waals surface area (Å²) in [6.45, 7) is 16.4. The summed E-state index contributed by atoms with van der Waals surface area (Å²) >= 11 is 1.56. The minimum absolute atomic E-state index is 0.128. The first-order chi connectivity index (χ1) is 19.2. The summed E-state index contributed by atoms with van der Waals surface area (Å²) in [6.07, 6.45) is -3.54. The highest BCUT2D eigenvalue weighted by atomic mass is 32.1. The van der Waals surface area contributed by atoms with E-state index in [4.69, 9.17) is 0 Å². The Bertz CT molecular complexity index is 1580. The number of rotatable bonds is 7. The molecule has 3 heterocycles. The van der Waals surface area contributed by atoms with E-state index in [-0.39, 0.29) is 23.0 Å². The van der Waals surface area contributed by atoms with E-state index >= 15 is 0 Å². The molecule has 1 aliphatic rings. The molecule has 41 heavy (non-hydrogen) atoms. The molecule has 12 heteroatoms. The monoisotopic (exact) mass is 587 g/mol. The van der Waals surface area contributed by atoms with Crippen molar-refractivity contribution in [3.8, 4) is 0 Å². The molecule has 1 aromatic carbocycles. The Morgan fingerprint density at radius 1 is 1.20 bits per heavy atom. The molecule has 1 fully saturated rings. The number of nitrogens with one attached hydrogen (secondary N) is 1. The van der Waals surface area contributed by atoms with Crippen molar-refractivity contribution in [1.29, 1.82) is 0 Å². The van der Waals surface area contributed by atoms with Crippen LogP contribution in [0.25, 0.3) is 10.8 Å². The molecule has 0 radical (unpaired) electrons. The molecule has 8 nitrogen and oxygen atoms in total. The molecule has 0 bridgehead atoms. The first-order valence-electron chi connectivity index (χ1n) is 13.4. The molecule has 4 rings (SSSR count). The fraction of sp³-hybridized carbons (Fsp3) is 0.448. The number of aromatic nitrogens is 3. The number of aliphatic imine (C=N–C) groups is 1. The zero-order valence-corrected chi connectivity index (χ0v) is 25.2. The number of hydrogen-bond donors (Lipinski definition) is 1. The summed E-state index contributed by atoms with van der Waals surface area (Å²) < 4.78 is 43.3. The average molecular weight is 588 g/mol. The van der Waals surface area contributed by atoms with Crippen molar-refractivity contribution in [3.05, 3.63) is 68.7 Å². The summed E-state index contributed by atoms with van der Waals surface area (Å²) in [5.74, 6) is 0.751. The Labute approximate surface area is 241 Å². The molecule has 1 N–H and O–H groups in total. The lowest BCUT2D eigenvalue weighted by Gasteiger charge is -2.41. The van der Waals surface area contributed by atoms with Gasteiger partial charge >= 0.3 is 6.18 Å². The summed E-state index contributed by atoms with van der Waals surface area (Å²) in [5, 5.41) is 14.4. The van der Waals surface area contributed by atoms with Crippen LogP contribution in [0.4, 0.5) is 24.1 Å². The Morgan fingerprint density at radius 2 is 1.90 bits per heavy atom. The third-order valence-corrected chi connectivity index (χ3v) is 8.00. The van der Waals surface area contributed by atoms with Crippen LogP contribution in [-0.4, -0.2) is 52.3 Å². The van der Waals surface area contributed by atoms with Crippen LogP contribution < -0.4 is 20.7 Å². The van der Waals surface area contributed by atoms with E-state index in [1.807, 2.05) is 32.0 Å². The Balaban J connectivity index is 1.76. The highest BCUT2D eigenvalue weighted by Crippen LogP contribution is 2.33. The van der Waals surface area contributed by atoms with Crippen LogP contribution in [0.5, 0.6) is 0 Å². The van der Waals surface area contributed by atoms with E-state index in [1.165, 1.54) is 13.8 Å². The second-order valence-corrected chi connectivity index (χ2v) is 11.8. The average Bonchev–Trinajstić information content (AvgIpc) is 3.32. The lowest BCUT2D eigenvalue weighted by atomic mass is 9.97. The third-order valence-electron chi connectivity index (χ3n) is 7.12. The highest BCUT2D eigenvalue weighted by molar-refractivity contribution is 7.15.